The molecule has 2 amide bonds. The summed E-state index contributed by atoms with van der Waals surface area (Å²) in [6.45, 7) is 7.83. The highest BCUT2D eigenvalue weighted by atomic mass is 16.2. The largest absolute Gasteiger partial charge is 0.385 e. The molecule has 21 heavy (non-hydrogen) atoms. The topological polar surface area (TPSA) is 61.4 Å². The van der Waals surface area contributed by atoms with Crippen molar-refractivity contribution in [1.82, 2.24) is 10.2 Å². The number of hydrogen-bond acceptors (Lipinski definition) is 3. The van der Waals surface area contributed by atoms with Gasteiger partial charge in [0.05, 0.1) is 0 Å². The number of amides is 2. The van der Waals surface area contributed by atoms with Crippen molar-refractivity contribution < 1.29 is 9.59 Å². The van der Waals surface area contributed by atoms with Crippen molar-refractivity contribution >= 4 is 17.5 Å². The second kappa shape index (κ2) is 6.61. The molecule has 114 valence electrons. The maximum absolute atomic E-state index is 12.7. The first kappa shape index (κ1) is 15.4. The molecule has 1 aromatic carbocycles. The Morgan fingerprint density at radius 3 is 2.81 bits per heavy atom. The van der Waals surface area contributed by atoms with E-state index in [0.717, 1.165) is 17.8 Å². The highest BCUT2D eigenvalue weighted by Gasteiger charge is 2.32. The van der Waals surface area contributed by atoms with Crippen molar-refractivity contribution in [2.75, 3.05) is 25.0 Å². The summed E-state index contributed by atoms with van der Waals surface area (Å²) in [7, 11) is 0. The van der Waals surface area contributed by atoms with Gasteiger partial charge in [-0.1, -0.05) is 6.92 Å². The molecule has 1 aliphatic heterocycles. The summed E-state index contributed by atoms with van der Waals surface area (Å²) in [5.41, 5.74) is 2.61. The fraction of sp³-hybridized carbons (Fsp3) is 0.500. The lowest BCUT2D eigenvalue weighted by molar-refractivity contribution is -0.127. The van der Waals surface area contributed by atoms with E-state index in [-0.39, 0.29) is 17.9 Å². The predicted molar refractivity (Wildman–Crippen MR) is 83.5 cm³/mol. The first-order chi connectivity index (χ1) is 10.1. The minimum atomic E-state index is -0.362. The Morgan fingerprint density at radius 2 is 2.19 bits per heavy atom. The van der Waals surface area contributed by atoms with Gasteiger partial charge in [-0.15, -0.1) is 0 Å². The lowest BCUT2D eigenvalue weighted by Gasteiger charge is -2.34. The number of piperazine rings is 1. The molecule has 5 heteroatoms. The van der Waals surface area contributed by atoms with E-state index in [1.54, 1.807) is 4.90 Å². The highest BCUT2D eigenvalue weighted by Crippen LogP contribution is 2.19. The van der Waals surface area contributed by atoms with Crippen LogP contribution >= 0.6 is 0 Å². The third-order valence-electron chi connectivity index (χ3n) is 3.82. The molecule has 1 unspecified atom stereocenters. The van der Waals surface area contributed by atoms with E-state index in [1.165, 1.54) is 0 Å². The van der Waals surface area contributed by atoms with Gasteiger partial charge in [-0.2, -0.15) is 0 Å². The average Bonchev–Trinajstić information content (AvgIpc) is 2.47. The van der Waals surface area contributed by atoms with Crippen LogP contribution in [0.15, 0.2) is 18.2 Å². The molecule has 0 saturated carbocycles. The lowest BCUT2D eigenvalue weighted by atomic mass is 10.0. The van der Waals surface area contributed by atoms with Crippen molar-refractivity contribution in [3.05, 3.63) is 29.3 Å². The first-order valence-electron chi connectivity index (χ1n) is 7.51. The molecule has 0 aliphatic carbocycles. The third kappa shape index (κ3) is 3.17. The molecule has 0 spiro atoms. The number of benzene rings is 1. The van der Waals surface area contributed by atoms with Crippen LogP contribution in [0.1, 0.15) is 36.2 Å². The van der Waals surface area contributed by atoms with E-state index in [1.807, 2.05) is 39.0 Å². The van der Waals surface area contributed by atoms with Gasteiger partial charge in [0.15, 0.2) is 0 Å². The molecule has 0 aromatic heterocycles. The minimum absolute atomic E-state index is 0.0565. The maximum atomic E-state index is 12.7. The van der Waals surface area contributed by atoms with Gasteiger partial charge >= 0.3 is 0 Å². The summed E-state index contributed by atoms with van der Waals surface area (Å²) in [6, 6.07) is 5.37. The second-order valence-corrected chi connectivity index (χ2v) is 5.27. The van der Waals surface area contributed by atoms with Gasteiger partial charge in [-0.3, -0.25) is 9.59 Å². The zero-order chi connectivity index (χ0) is 15.4. The summed E-state index contributed by atoms with van der Waals surface area (Å²) >= 11 is 0. The van der Waals surface area contributed by atoms with Gasteiger partial charge < -0.3 is 15.5 Å². The van der Waals surface area contributed by atoms with Crippen molar-refractivity contribution in [1.29, 1.82) is 0 Å². The summed E-state index contributed by atoms with van der Waals surface area (Å²) in [6.07, 6.45) is 0.631. The van der Waals surface area contributed by atoms with Gasteiger partial charge in [-0.25, -0.2) is 0 Å². The average molecular weight is 289 g/mol. The van der Waals surface area contributed by atoms with Crippen LogP contribution in [0.25, 0.3) is 0 Å². The number of carbonyl (C=O) groups excluding carboxylic acids is 2. The Morgan fingerprint density at radius 1 is 1.43 bits per heavy atom. The van der Waals surface area contributed by atoms with Crippen LogP contribution in [0, 0.1) is 6.92 Å². The fourth-order valence-corrected chi connectivity index (χ4v) is 2.74. The molecule has 2 N–H and O–H groups in total. The maximum Gasteiger partial charge on any atom is 0.254 e. The fourth-order valence-electron chi connectivity index (χ4n) is 2.74. The zero-order valence-corrected chi connectivity index (χ0v) is 12.9. The van der Waals surface area contributed by atoms with Crippen LogP contribution in [0.5, 0.6) is 0 Å². The Hall–Kier alpha value is -2.04. The van der Waals surface area contributed by atoms with E-state index >= 15 is 0 Å². The third-order valence-corrected chi connectivity index (χ3v) is 3.82. The highest BCUT2D eigenvalue weighted by molar-refractivity contribution is 5.99. The molecule has 5 nitrogen and oxygen atoms in total. The monoisotopic (exact) mass is 289 g/mol. The van der Waals surface area contributed by atoms with Gasteiger partial charge in [0, 0.05) is 30.9 Å². The summed E-state index contributed by atoms with van der Waals surface area (Å²) in [5.74, 6) is -0.115. The zero-order valence-electron chi connectivity index (χ0n) is 12.9. The van der Waals surface area contributed by atoms with Crippen molar-refractivity contribution in [2.24, 2.45) is 0 Å². The normalized spacial score (nSPS) is 18.3. The SMILES string of the molecule is CCNc1ccc(C(=O)N2CCNC(=O)C2CC)c(C)c1. The number of carbonyl (C=O) groups is 2. The van der Waals surface area contributed by atoms with E-state index in [9.17, 15) is 9.59 Å². The van der Waals surface area contributed by atoms with E-state index < -0.39 is 0 Å². The minimum Gasteiger partial charge on any atom is -0.385 e. The Bertz CT molecular complexity index is 542. The van der Waals surface area contributed by atoms with Crippen molar-refractivity contribution in [3.63, 3.8) is 0 Å². The predicted octanol–water partition coefficient (Wildman–Crippen LogP) is 1.78. The van der Waals surface area contributed by atoms with Crippen LogP contribution < -0.4 is 10.6 Å². The van der Waals surface area contributed by atoms with Gasteiger partial charge in [0.25, 0.3) is 5.91 Å². The van der Waals surface area contributed by atoms with Gasteiger partial charge in [-0.05, 0) is 44.0 Å². The molecule has 1 aliphatic rings. The number of nitrogens with one attached hydrogen (secondary N) is 2. The Balaban J connectivity index is 2.24. The molecule has 2 rings (SSSR count). The van der Waals surface area contributed by atoms with Crippen LogP contribution in [-0.2, 0) is 4.79 Å². The van der Waals surface area contributed by atoms with E-state index in [2.05, 4.69) is 10.6 Å². The van der Waals surface area contributed by atoms with Crippen LogP contribution in [0.2, 0.25) is 0 Å². The molecule has 0 radical (unpaired) electrons. The van der Waals surface area contributed by atoms with Crippen LogP contribution in [0.3, 0.4) is 0 Å². The molecule has 1 saturated heterocycles. The molecule has 1 atom stereocenters. The van der Waals surface area contributed by atoms with Crippen LogP contribution in [0.4, 0.5) is 5.69 Å². The van der Waals surface area contributed by atoms with Crippen molar-refractivity contribution in [2.45, 2.75) is 33.2 Å². The molecule has 1 heterocycles. The van der Waals surface area contributed by atoms with Gasteiger partial charge in [0.2, 0.25) is 5.91 Å². The summed E-state index contributed by atoms with van der Waals surface area (Å²) in [4.78, 5) is 26.3. The number of anilines is 1. The summed E-state index contributed by atoms with van der Waals surface area (Å²) in [5, 5.41) is 6.05. The molecular formula is C16H23N3O2. The Labute approximate surface area is 125 Å². The number of rotatable bonds is 4. The number of aryl methyl sites for hydroxylation is 1. The molecule has 0 bridgehead atoms. The molecule has 1 fully saturated rings. The smallest absolute Gasteiger partial charge is 0.254 e. The second-order valence-electron chi connectivity index (χ2n) is 5.27. The summed E-state index contributed by atoms with van der Waals surface area (Å²) < 4.78 is 0. The quantitative estimate of drug-likeness (QED) is 0.888. The van der Waals surface area contributed by atoms with E-state index in [4.69, 9.17) is 0 Å². The van der Waals surface area contributed by atoms with Crippen LogP contribution in [-0.4, -0.2) is 42.4 Å². The number of hydrogen-bond donors (Lipinski definition) is 2. The molecular weight excluding hydrogens is 266 g/mol. The number of nitrogens with zero attached hydrogens (tertiary/aromatic N) is 1. The standard InChI is InChI=1S/C16H23N3O2/c1-4-14-15(20)18-8-9-19(14)16(21)13-7-6-12(17-5-2)10-11(13)3/h6-7,10,14,17H,4-5,8-9H2,1-3H3,(H,18,20). The molecule has 1 aromatic rings. The Kier molecular flexibility index (Phi) is 4.83. The van der Waals surface area contributed by atoms with Crippen molar-refractivity contribution in [3.8, 4) is 0 Å². The lowest BCUT2D eigenvalue weighted by Crippen LogP contribution is -2.57. The first-order valence-corrected chi connectivity index (χ1v) is 7.51. The van der Waals surface area contributed by atoms with E-state index in [0.29, 0.717) is 25.1 Å². The van der Waals surface area contributed by atoms with Gasteiger partial charge in [0.1, 0.15) is 6.04 Å².